The van der Waals surface area contributed by atoms with Gasteiger partial charge in [-0.15, -0.1) is 22.7 Å². The standard InChI is InChI=1S/C18H18N2OS2/c1-13-16(23-18(20-13)15-10-6-12-22-15)17(21)19-11-5-9-14-7-3-2-4-8-14/h2-4,6-8,10,12H,5,9,11H2,1H3,(H,19,21). The molecule has 3 aromatic rings. The summed E-state index contributed by atoms with van der Waals surface area (Å²) in [6, 6.07) is 14.4. The van der Waals surface area contributed by atoms with Gasteiger partial charge in [0.25, 0.3) is 5.91 Å². The maximum atomic E-state index is 12.3. The van der Waals surface area contributed by atoms with Crippen LogP contribution in [0.2, 0.25) is 0 Å². The summed E-state index contributed by atoms with van der Waals surface area (Å²) in [5.41, 5.74) is 2.11. The Kier molecular flexibility index (Phi) is 5.20. The number of nitrogens with one attached hydrogen (secondary N) is 1. The first-order valence-corrected chi connectivity index (χ1v) is 9.27. The minimum Gasteiger partial charge on any atom is -0.351 e. The average Bonchev–Trinajstić information content (AvgIpc) is 3.21. The Morgan fingerprint density at radius 3 is 2.74 bits per heavy atom. The van der Waals surface area contributed by atoms with Crippen molar-refractivity contribution in [3.8, 4) is 9.88 Å². The quantitative estimate of drug-likeness (QED) is 0.668. The molecule has 0 saturated carbocycles. The van der Waals surface area contributed by atoms with Crippen LogP contribution in [0.3, 0.4) is 0 Å². The van der Waals surface area contributed by atoms with Gasteiger partial charge in [0.15, 0.2) is 0 Å². The van der Waals surface area contributed by atoms with Gasteiger partial charge in [-0.3, -0.25) is 4.79 Å². The molecule has 0 aliphatic heterocycles. The maximum Gasteiger partial charge on any atom is 0.263 e. The second-order valence-electron chi connectivity index (χ2n) is 5.26. The van der Waals surface area contributed by atoms with E-state index >= 15 is 0 Å². The number of carbonyl (C=O) groups excluding carboxylic acids is 1. The normalized spacial score (nSPS) is 10.7. The average molecular weight is 342 g/mol. The third-order valence-electron chi connectivity index (χ3n) is 3.51. The first kappa shape index (κ1) is 15.9. The molecule has 0 saturated heterocycles. The molecular weight excluding hydrogens is 324 g/mol. The molecule has 1 aromatic carbocycles. The van der Waals surface area contributed by atoms with Gasteiger partial charge in [0, 0.05) is 6.54 Å². The molecule has 1 amide bonds. The number of thiazole rings is 1. The molecule has 1 N–H and O–H groups in total. The van der Waals surface area contributed by atoms with Crippen LogP contribution >= 0.6 is 22.7 Å². The zero-order chi connectivity index (χ0) is 16.1. The minimum absolute atomic E-state index is 0.0177. The predicted octanol–water partition coefficient (Wildman–Crippen LogP) is 4.54. The summed E-state index contributed by atoms with van der Waals surface area (Å²) in [7, 11) is 0. The molecule has 0 aliphatic carbocycles. The number of rotatable bonds is 6. The Balaban J connectivity index is 1.54. The lowest BCUT2D eigenvalue weighted by Gasteiger charge is -2.04. The Labute approximate surface area is 144 Å². The summed E-state index contributed by atoms with van der Waals surface area (Å²) in [5.74, 6) is -0.0177. The van der Waals surface area contributed by atoms with E-state index in [2.05, 4.69) is 22.4 Å². The summed E-state index contributed by atoms with van der Waals surface area (Å²) < 4.78 is 0. The summed E-state index contributed by atoms with van der Waals surface area (Å²) in [6.07, 6.45) is 1.91. The zero-order valence-electron chi connectivity index (χ0n) is 12.9. The summed E-state index contributed by atoms with van der Waals surface area (Å²) >= 11 is 3.11. The number of hydrogen-bond acceptors (Lipinski definition) is 4. The van der Waals surface area contributed by atoms with E-state index in [0.717, 1.165) is 28.4 Å². The molecule has 0 spiro atoms. The zero-order valence-corrected chi connectivity index (χ0v) is 14.5. The maximum absolute atomic E-state index is 12.3. The van der Waals surface area contributed by atoms with E-state index in [4.69, 9.17) is 0 Å². The lowest BCUT2D eigenvalue weighted by atomic mass is 10.1. The Bertz CT molecular complexity index is 764. The Hall–Kier alpha value is -1.98. The molecule has 0 radical (unpaired) electrons. The first-order valence-electron chi connectivity index (χ1n) is 7.57. The minimum atomic E-state index is -0.0177. The van der Waals surface area contributed by atoms with E-state index < -0.39 is 0 Å². The predicted molar refractivity (Wildman–Crippen MR) is 97.3 cm³/mol. The van der Waals surface area contributed by atoms with Crippen molar-refractivity contribution >= 4 is 28.6 Å². The molecule has 0 atom stereocenters. The van der Waals surface area contributed by atoms with Crippen molar-refractivity contribution in [1.29, 1.82) is 0 Å². The molecular formula is C18H18N2OS2. The molecule has 2 aromatic heterocycles. The molecule has 3 nitrogen and oxygen atoms in total. The highest BCUT2D eigenvalue weighted by Gasteiger charge is 2.16. The van der Waals surface area contributed by atoms with Crippen molar-refractivity contribution in [2.45, 2.75) is 19.8 Å². The van der Waals surface area contributed by atoms with E-state index in [-0.39, 0.29) is 5.91 Å². The number of benzene rings is 1. The number of carbonyl (C=O) groups is 1. The Morgan fingerprint density at radius 1 is 1.17 bits per heavy atom. The van der Waals surface area contributed by atoms with Gasteiger partial charge in [0.05, 0.1) is 10.6 Å². The van der Waals surface area contributed by atoms with Crippen molar-refractivity contribution in [3.05, 3.63) is 64.0 Å². The van der Waals surface area contributed by atoms with Crippen LogP contribution in [0.25, 0.3) is 9.88 Å². The molecule has 3 rings (SSSR count). The van der Waals surface area contributed by atoms with Gasteiger partial charge in [0.2, 0.25) is 0 Å². The molecule has 0 bridgehead atoms. The van der Waals surface area contributed by atoms with Gasteiger partial charge in [0.1, 0.15) is 9.88 Å². The number of aromatic nitrogens is 1. The lowest BCUT2D eigenvalue weighted by Crippen LogP contribution is -2.24. The highest BCUT2D eigenvalue weighted by atomic mass is 32.1. The SMILES string of the molecule is Cc1nc(-c2cccs2)sc1C(=O)NCCCc1ccccc1. The monoisotopic (exact) mass is 342 g/mol. The smallest absolute Gasteiger partial charge is 0.263 e. The van der Waals surface area contributed by atoms with Crippen LogP contribution in [0, 0.1) is 6.92 Å². The molecule has 5 heteroatoms. The van der Waals surface area contributed by atoms with Crippen LogP contribution in [0.5, 0.6) is 0 Å². The van der Waals surface area contributed by atoms with Crippen molar-refractivity contribution in [2.75, 3.05) is 6.54 Å². The van der Waals surface area contributed by atoms with Gasteiger partial charge in [-0.25, -0.2) is 4.98 Å². The fourth-order valence-corrected chi connectivity index (χ4v) is 4.11. The van der Waals surface area contributed by atoms with Crippen molar-refractivity contribution in [3.63, 3.8) is 0 Å². The molecule has 2 heterocycles. The van der Waals surface area contributed by atoms with E-state index in [1.807, 2.05) is 42.6 Å². The van der Waals surface area contributed by atoms with Crippen LogP contribution in [-0.2, 0) is 6.42 Å². The second kappa shape index (κ2) is 7.53. The fraction of sp³-hybridized carbons (Fsp3) is 0.222. The van der Waals surface area contributed by atoms with Crippen LogP contribution < -0.4 is 5.32 Å². The highest BCUT2D eigenvalue weighted by Crippen LogP contribution is 2.30. The van der Waals surface area contributed by atoms with Gasteiger partial charge >= 0.3 is 0 Å². The van der Waals surface area contributed by atoms with Crippen molar-refractivity contribution in [2.24, 2.45) is 0 Å². The molecule has 118 valence electrons. The lowest BCUT2D eigenvalue weighted by molar-refractivity contribution is 0.0956. The van der Waals surface area contributed by atoms with Gasteiger partial charge in [-0.1, -0.05) is 36.4 Å². The largest absolute Gasteiger partial charge is 0.351 e. The Morgan fingerprint density at radius 2 is 2.00 bits per heavy atom. The molecule has 0 unspecified atom stereocenters. The van der Waals surface area contributed by atoms with E-state index in [1.165, 1.54) is 16.9 Å². The van der Waals surface area contributed by atoms with E-state index in [0.29, 0.717) is 11.4 Å². The molecule has 23 heavy (non-hydrogen) atoms. The molecule has 0 fully saturated rings. The van der Waals surface area contributed by atoms with Crippen LogP contribution in [0.4, 0.5) is 0 Å². The third-order valence-corrected chi connectivity index (χ3v) is 5.70. The summed E-state index contributed by atoms with van der Waals surface area (Å²) in [5, 5.41) is 5.95. The van der Waals surface area contributed by atoms with Gasteiger partial charge < -0.3 is 5.32 Å². The van der Waals surface area contributed by atoms with Crippen molar-refractivity contribution < 1.29 is 4.79 Å². The van der Waals surface area contributed by atoms with Crippen LogP contribution in [0.15, 0.2) is 47.8 Å². The number of nitrogens with zero attached hydrogens (tertiary/aromatic N) is 1. The number of thiophene rings is 1. The van der Waals surface area contributed by atoms with Crippen LogP contribution in [0.1, 0.15) is 27.3 Å². The number of amides is 1. The molecule has 0 aliphatic rings. The highest BCUT2D eigenvalue weighted by molar-refractivity contribution is 7.22. The third kappa shape index (κ3) is 4.06. The van der Waals surface area contributed by atoms with E-state index in [1.54, 1.807) is 11.3 Å². The number of hydrogen-bond donors (Lipinski definition) is 1. The summed E-state index contributed by atoms with van der Waals surface area (Å²) in [4.78, 5) is 18.7. The second-order valence-corrected chi connectivity index (χ2v) is 7.20. The number of aryl methyl sites for hydroxylation is 2. The topological polar surface area (TPSA) is 42.0 Å². The van der Waals surface area contributed by atoms with Gasteiger partial charge in [-0.05, 0) is 36.8 Å². The van der Waals surface area contributed by atoms with Gasteiger partial charge in [-0.2, -0.15) is 0 Å². The van der Waals surface area contributed by atoms with Crippen molar-refractivity contribution in [1.82, 2.24) is 10.3 Å². The fourth-order valence-electron chi connectivity index (χ4n) is 2.33. The first-order chi connectivity index (χ1) is 11.2. The summed E-state index contributed by atoms with van der Waals surface area (Å²) in [6.45, 7) is 2.58. The van der Waals surface area contributed by atoms with E-state index in [9.17, 15) is 4.79 Å². The van der Waals surface area contributed by atoms with Crippen LogP contribution in [-0.4, -0.2) is 17.4 Å².